The Labute approximate surface area is 89.8 Å². The summed E-state index contributed by atoms with van der Waals surface area (Å²) >= 11 is 0. The molecule has 0 aliphatic carbocycles. The number of hydrogen-bond donors (Lipinski definition) is 3. The highest BCUT2D eigenvalue weighted by Crippen LogP contribution is 2.15. The third-order valence-electron chi connectivity index (χ3n) is 2.77. The van der Waals surface area contributed by atoms with Gasteiger partial charge in [-0.15, -0.1) is 0 Å². The van der Waals surface area contributed by atoms with E-state index in [0.29, 0.717) is 6.54 Å². The summed E-state index contributed by atoms with van der Waals surface area (Å²) in [5, 5.41) is 5.99. The van der Waals surface area contributed by atoms with Gasteiger partial charge in [0.15, 0.2) is 0 Å². The van der Waals surface area contributed by atoms with Gasteiger partial charge < -0.3 is 16.4 Å². The lowest BCUT2D eigenvalue weighted by atomic mass is 9.91. The maximum atomic E-state index is 11.7. The van der Waals surface area contributed by atoms with Gasteiger partial charge in [0.25, 0.3) is 0 Å². The smallest absolute Gasteiger partial charge is 0.224 e. The minimum atomic E-state index is -0.384. The maximum absolute atomic E-state index is 11.7. The van der Waals surface area contributed by atoms with Crippen molar-refractivity contribution in [3.8, 4) is 0 Å². The van der Waals surface area contributed by atoms with Crippen LogP contribution in [-0.2, 0) is 9.59 Å². The first-order chi connectivity index (χ1) is 7.11. The summed E-state index contributed by atoms with van der Waals surface area (Å²) < 4.78 is 0. The Kier molecular flexibility index (Phi) is 4.55. The van der Waals surface area contributed by atoms with Crippen molar-refractivity contribution in [2.24, 2.45) is 11.7 Å². The molecular weight excluding hydrogens is 194 g/mol. The zero-order chi connectivity index (χ0) is 11.3. The molecule has 0 aromatic heterocycles. The number of nitrogens with two attached hydrogens (primary N) is 1. The number of primary amides is 1. The molecule has 2 atom stereocenters. The van der Waals surface area contributed by atoms with Crippen molar-refractivity contribution in [1.82, 2.24) is 10.6 Å². The van der Waals surface area contributed by atoms with E-state index in [0.717, 1.165) is 19.4 Å². The van der Waals surface area contributed by atoms with Crippen LogP contribution in [0.5, 0.6) is 0 Å². The minimum Gasteiger partial charge on any atom is -0.370 e. The van der Waals surface area contributed by atoms with Crippen LogP contribution in [0.1, 0.15) is 26.2 Å². The molecular formula is C10H19N3O2. The molecule has 1 saturated heterocycles. The Bertz CT molecular complexity index is 243. The molecule has 1 heterocycles. The molecule has 15 heavy (non-hydrogen) atoms. The van der Waals surface area contributed by atoms with E-state index in [-0.39, 0.29) is 30.2 Å². The third-order valence-corrected chi connectivity index (χ3v) is 2.77. The van der Waals surface area contributed by atoms with Gasteiger partial charge in [0.2, 0.25) is 11.8 Å². The summed E-state index contributed by atoms with van der Waals surface area (Å²) in [5.41, 5.74) is 4.98. The number of rotatable bonds is 4. The van der Waals surface area contributed by atoms with Gasteiger partial charge in [-0.1, -0.05) is 0 Å². The monoisotopic (exact) mass is 213 g/mol. The van der Waals surface area contributed by atoms with E-state index < -0.39 is 0 Å². The van der Waals surface area contributed by atoms with Gasteiger partial charge in [-0.05, 0) is 26.3 Å². The van der Waals surface area contributed by atoms with Crippen LogP contribution in [0.3, 0.4) is 0 Å². The lowest BCUT2D eigenvalue weighted by Gasteiger charge is -2.28. The Morgan fingerprint density at radius 3 is 2.87 bits per heavy atom. The van der Waals surface area contributed by atoms with E-state index in [4.69, 9.17) is 5.73 Å². The van der Waals surface area contributed by atoms with Crippen molar-refractivity contribution < 1.29 is 9.59 Å². The van der Waals surface area contributed by atoms with E-state index in [1.54, 1.807) is 0 Å². The van der Waals surface area contributed by atoms with E-state index in [2.05, 4.69) is 10.6 Å². The van der Waals surface area contributed by atoms with Crippen LogP contribution >= 0.6 is 0 Å². The van der Waals surface area contributed by atoms with Gasteiger partial charge in [0.1, 0.15) is 0 Å². The summed E-state index contributed by atoms with van der Waals surface area (Å²) in [6.45, 7) is 3.33. The molecule has 2 unspecified atom stereocenters. The summed E-state index contributed by atoms with van der Waals surface area (Å²) in [6.07, 6.45) is 2.15. The quantitative estimate of drug-likeness (QED) is 0.581. The van der Waals surface area contributed by atoms with Crippen molar-refractivity contribution in [2.75, 3.05) is 13.1 Å². The van der Waals surface area contributed by atoms with Crippen molar-refractivity contribution >= 4 is 11.8 Å². The van der Waals surface area contributed by atoms with Crippen LogP contribution in [0.4, 0.5) is 0 Å². The molecule has 0 radical (unpaired) electrons. The molecule has 1 rings (SSSR count). The highest BCUT2D eigenvalue weighted by atomic mass is 16.2. The van der Waals surface area contributed by atoms with Crippen LogP contribution in [0.2, 0.25) is 0 Å². The predicted octanol–water partition coefficient (Wildman–Crippen LogP) is -0.634. The standard InChI is InChI=1S/C10H19N3O2/c1-7-8(3-2-5-12-7)10(15)13-6-4-9(11)14/h7-8,12H,2-6H2,1H3,(H2,11,14)(H,13,15). The van der Waals surface area contributed by atoms with Crippen molar-refractivity contribution in [2.45, 2.75) is 32.2 Å². The molecule has 4 N–H and O–H groups in total. The first-order valence-electron chi connectivity index (χ1n) is 5.40. The molecule has 0 spiro atoms. The fourth-order valence-corrected chi connectivity index (χ4v) is 1.84. The van der Waals surface area contributed by atoms with Gasteiger partial charge >= 0.3 is 0 Å². The lowest BCUT2D eigenvalue weighted by molar-refractivity contribution is -0.126. The number of amides is 2. The normalized spacial score (nSPS) is 25.9. The zero-order valence-corrected chi connectivity index (χ0v) is 9.08. The molecule has 1 fully saturated rings. The Hall–Kier alpha value is -1.10. The fraction of sp³-hybridized carbons (Fsp3) is 0.800. The van der Waals surface area contributed by atoms with Gasteiger partial charge in [0.05, 0.1) is 5.92 Å². The molecule has 5 heteroatoms. The second-order valence-corrected chi connectivity index (χ2v) is 4.00. The number of piperidine rings is 1. The van der Waals surface area contributed by atoms with Crippen LogP contribution in [0, 0.1) is 5.92 Å². The molecule has 0 aromatic rings. The summed E-state index contributed by atoms with van der Waals surface area (Å²) in [5.74, 6) is -0.340. The topological polar surface area (TPSA) is 84.2 Å². The minimum absolute atomic E-state index is 0.0200. The fourth-order valence-electron chi connectivity index (χ4n) is 1.84. The first-order valence-corrected chi connectivity index (χ1v) is 5.40. The summed E-state index contributed by atoms with van der Waals surface area (Å²) in [6, 6.07) is 0.215. The second-order valence-electron chi connectivity index (χ2n) is 4.00. The number of carbonyl (C=O) groups is 2. The first kappa shape index (κ1) is 12.0. The Morgan fingerprint density at radius 1 is 1.53 bits per heavy atom. The van der Waals surface area contributed by atoms with Crippen molar-refractivity contribution in [3.63, 3.8) is 0 Å². The molecule has 2 amide bonds. The van der Waals surface area contributed by atoms with E-state index in [1.165, 1.54) is 0 Å². The van der Waals surface area contributed by atoms with Crippen molar-refractivity contribution in [3.05, 3.63) is 0 Å². The number of carbonyl (C=O) groups excluding carboxylic acids is 2. The molecule has 5 nitrogen and oxygen atoms in total. The predicted molar refractivity (Wildman–Crippen MR) is 57.0 cm³/mol. The molecule has 86 valence electrons. The highest BCUT2D eigenvalue weighted by Gasteiger charge is 2.26. The lowest BCUT2D eigenvalue weighted by Crippen LogP contribution is -2.47. The van der Waals surface area contributed by atoms with Gasteiger partial charge in [0, 0.05) is 19.0 Å². The van der Waals surface area contributed by atoms with Crippen LogP contribution in [0.15, 0.2) is 0 Å². The van der Waals surface area contributed by atoms with E-state index >= 15 is 0 Å². The molecule has 0 aromatic carbocycles. The summed E-state index contributed by atoms with van der Waals surface area (Å²) in [7, 11) is 0. The Balaban J connectivity index is 2.29. The maximum Gasteiger partial charge on any atom is 0.224 e. The van der Waals surface area contributed by atoms with Crippen LogP contribution < -0.4 is 16.4 Å². The Morgan fingerprint density at radius 2 is 2.27 bits per heavy atom. The van der Waals surface area contributed by atoms with E-state index in [9.17, 15) is 9.59 Å². The third kappa shape index (κ3) is 3.87. The number of nitrogens with one attached hydrogen (secondary N) is 2. The molecule has 1 aliphatic heterocycles. The zero-order valence-electron chi connectivity index (χ0n) is 9.08. The molecule has 1 aliphatic rings. The SMILES string of the molecule is CC1NCCCC1C(=O)NCCC(N)=O. The molecule has 0 saturated carbocycles. The van der Waals surface area contributed by atoms with Crippen LogP contribution in [-0.4, -0.2) is 30.9 Å². The summed E-state index contributed by atoms with van der Waals surface area (Å²) in [4.78, 5) is 22.2. The van der Waals surface area contributed by atoms with Gasteiger partial charge in [-0.3, -0.25) is 9.59 Å². The van der Waals surface area contributed by atoms with Gasteiger partial charge in [-0.2, -0.15) is 0 Å². The highest BCUT2D eigenvalue weighted by molar-refractivity contribution is 5.80. The van der Waals surface area contributed by atoms with Crippen LogP contribution in [0.25, 0.3) is 0 Å². The number of hydrogen-bond acceptors (Lipinski definition) is 3. The average Bonchev–Trinajstić information content (AvgIpc) is 2.17. The van der Waals surface area contributed by atoms with Crippen molar-refractivity contribution in [1.29, 1.82) is 0 Å². The van der Waals surface area contributed by atoms with Gasteiger partial charge in [-0.25, -0.2) is 0 Å². The second kappa shape index (κ2) is 5.70. The largest absolute Gasteiger partial charge is 0.370 e. The average molecular weight is 213 g/mol. The van der Waals surface area contributed by atoms with E-state index in [1.807, 2.05) is 6.92 Å². The molecule has 0 bridgehead atoms.